The van der Waals surface area contributed by atoms with Gasteiger partial charge in [-0.05, 0) is 58.4 Å². The molecule has 0 atom stereocenters. The van der Waals surface area contributed by atoms with Crippen LogP contribution in [0.1, 0.15) is 39.7 Å². The van der Waals surface area contributed by atoms with Crippen molar-refractivity contribution in [3.63, 3.8) is 0 Å². The number of halogens is 2. The lowest BCUT2D eigenvalue weighted by Gasteiger charge is -2.27. The number of hydrogen-bond donors (Lipinski definition) is 3. The standard InChI is InChI=1S/C22H33N3O2.2ClH/c1-6-14-27-18-10-8-17(9-11-18)16-23-12-7-13-24-20(26)19-15-21(2,3)25-22(19,4)5;;/h6,8-11,15,23,25H,1,7,12-14,16H2,2-5H3,(H,24,26);2*1H. The summed E-state index contributed by atoms with van der Waals surface area (Å²) in [5.74, 6) is 0.872. The molecule has 2 rings (SSSR count). The molecule has 29 heavy (non-hydrogen) atoms. The van der Waals surface area contributed by atoms with E-state index in [1.165, 1.54) is 5.56 Å². The molecule has 0 unspecified atom stereocenters. The van der Waals surface area contributed by atoms with Gasteiger partial charge in [-0.25, -0.2) is 0 Å². The Morgan fingerprint density at radius 3 is 2.34 bits per heavy atom. The van der Waals surface area contributed by atoms with E-state index >= 15 is 0 Å². The van der Waals surface area contributed by atoms with Crippen molar-refractivity contribution in [2.45, 2.75) is 51.7 Å². The molecule has 1 aromatic carbocycles. The highest BCUT2D eigenvalue weighted by molar-refractivity contribution is 5.96. The van der Waals surface area contributed by atoms with Crippen LogP contribution in [-0.4, -0.2) is 36.7 Å². The van der Waals surface area contributed by atoms with Gasteiger partial charge >= 0.3 is 0 Å². The molecule has 0 aromatic heterocycles. The van der Waals surface area contributed by atoms with Crippen molar-refractivity contribution in [2.75, 3.05) is 19.7 Å². The Balaban J connectivity index is 0.00000392. The summed E-state index contributed by atoms with van der Waals surface area (Å²) in [5.41, 5.74) is 1.58. The maximum Gasteiger partial charge on any atom is 0.248 e. The van der Waals surface area contributed by atoms with Crippen LogP contribution in [0.5, 0.6) is 5.75 Å². The molecule has 0 spiro atoms. The summed E-state index contributed by atoms with van der Waals surface area (Å²) in [6, 6.07) is 8.04. The third kappa shape index (κ3) is 8.79. The largest absolute Gasteiger partial charge is 0.490 e. The first-order valence-corrected chi connectivity index (χ1v) is 9.58. The Morgan fingerprint density at radius 2 is 1.79 bits per heavy atom. The molecule has 164 valence electrons. The normalized spacial score (nSPS) is 16.1. The highest BCUT2D eigenvalue weighted by Crippen LogP contribution is 2.29. The minimum Gasteiger partial charge on any atom is -0.490 e. The fourth-order valence-electron chi connectivity index (χ4n) is 3.40. The SMILES string of the molecule is C=CCOc1ccc(CNCCCNC(=O)C2=CC(C)(C)NC2(C)C)cc1.Cl.Cl. The summed E-state index contributed by atoms with van der Waals surface area (Å²) in [4.78, 5) is 12.5. The van der Waals surface area contributed by atoms with E-state index in [9.17, 15) is 4.79 Å². The Bertz CT molecular complexity index is 686. The topological polar surface area (TPSA) is 62.4 Å². The Hall–Kier alpha value is -1.53. The molecule has 1 heterocycles. The number of hydrogen-bond acceptors (Lipinski definition) is 4. The number of carbonyl (C=O) groups is 1. The van der Waals surface area contributed by atoms with Crippen LogP contribution in [0.25, 0.3) is 0 Å². The average Bonchev–Trinajstić information content (AvgIpc) is 2.84. The van der Waals surface area contributed by atoms with Crippen molar-refractivity contribution in [3.05, 3.63) is 54.1 Å². The maximum atomic E-state index is 12.5. The van der Waals surface area contributed by atoms with Crippen LogP contribution >= 0.6 is 24.8 Å². The molecule has 0 saturated carbocycles. The van der Waals surface area contributed by atoms with Gasteiger partial charge in [-0.2, -0.15) is 0 Å². The van der Waals surface area contributed by atoms with E-state index in [1.54, 1.807) is 6.08 Å². The minimum absolute atomic E-state index is 0. The molecule has 1 aromatic rings. The molecule has 7 heteroatoms. The van der Waals surface area contributed by atoms with Gasteiger partial charge in [0.1, 0.15) is 12.4 Å². The van der Waals surface area contributed by atoms with Crippen molar-refractivity contribution in [2.24, 2.45) is 0 Å². The Kier molecular flexibility index (Phi) is 11.6. The number of ether oxygens (including phenoxy) is 1. The molecule has 5 nitrogen and oxygen atoms in total. The van der Waals surface area contributed by atoms with Crippen molar-refractivity contribution in [1.82, 2.24) is 16.0 Å². The van der Waals surface area contributed by atoms with E-state index in [1.807, 2.05) is 32.1 Å². The molecule has 1 aliphatic rings. The summed E-state index contributed by atoms with van der Waals surface area (Å²) in [6.45, 7) is 14.7. The van der Waals surface area contributed by atoms with Gasteiger partial charge in [0, 0.05) is 29.7 Å². The second-order valence-electron chi connectivity index (χ2n) is 8.06. The molecule has 3 N–H and O–H groups in total. The monoisotopic (exact) mass is 443 g/mol. The second-order valence-corrected chi connectivity index (χ2v) is 8.06. The zero-order valence-corrected chi connectivity index (χ0v) is 19.5. The molecule has 0 radical (unpaired) electrons. The summed E-state index contributed by atoms with van der Waals surface area (Å²) in [6.07, 6.45) is 4.65. The Labute approximate surface area is 187 Å². The summed E-state index contributed by atoms with van der Waals surface area (Å²) in [7, 11) is 0. The van der Waals surface area contributed by atoms with Gasteiger partial charge in [0.05, 0.1) is 0 Å². The first-order valence-electron chi connectivity index (χ1n) is 9.58. The van der Waals surface area contributed by atoms with E-state index in [2.05, 4.69) is 48.5 Å². The molecule has 1 aliphatic heterocycles. The van der Waals surface area contributed by atoms with Crippen LogP contribution in [0.2, 0.25) is 0 Å². The molecule has 0 fully saturated rings. The molecular formula is C22H35Cl2N3O2. The van der Waals surface area contributed by atoms with Crippen LogP contribution < -0.4 is 20.7 Å². The van der Waals surface area contributed by atoms with Crippen LogP contribution in [0.15, 0.2) is 48.6 Å². The quantitative estimate of drug-likeness (QED) is 0.380. The van der Waals surface area contributed by atoms with E-state index in [0.717, 1.165) is 30.8 Å². The lowest BCUT2D eigenvalue weighted by atomic mass is 9.96. The van der Waals surface area contributed by atoms with E-state index < -0.39 is 0 Å². The van der Waals surface area contributed by atoms with Crippen molar-refractivity contribution >= 4 is 30.7 Å². The number of carbonyl (C=O) groups excluding carboxylic acids is 1. The Morgan fingerprint density at radius 1 is 1.14 bits per heavy atom. The van der Waals surface area contributed by atoms with Gasteiger partial charge in [0.15, 0.2) is 0 Å². The smallest absolute Gasteiger partial charge is 0.248 e. The molecular weight excluding hydrogens is 409 g/mol. The van der Waals surface area contributed by atoms with Crippen molar-refractivity contribution in [1.29, 1.82) is 0 Å². The van der Waals surface area contributed by atoms with Gasteiger partial charge in [-0.3, -0.25) is 10.1 Å². The zero-order chi connectivity index (χ0) is 19.9. The number of rotatable bonds is 10. The predicted molar refractivity (Wildman–Crippen MR) is 125 cm³/mol. The minimum atomic E-state index is -0.298. The lowest BCUT2D eigenvalue weighted by molar-refractivity contribution is -0.118. The number of nitrogens with one attached hydrogen (secondary N) is 3. The third-order valence-electron chi connectivity index (χ3n) is 4.49. The lowest BCUT2D eigenvalue weighted by Crippen LogP contribution is -2.47. The zero-order valence-electron chi connectivity index (χ0n) is 17.8. The number of amides is 1. The van der Waals surface area contributed by atoms with Crippen molar-refractivity contribution < 1.29 is 9.53 Å². The van der Waals surface area contributed by atoms with Gasteiger partial charge in [0.25, 0.3) is 0 Å². The van der Waals surface area contributed by atoms with Gasteiger partial charge in [0.2, 0.25) is 5.91 Å². The van der Waals surface area contributed by atoms with Crippen LogP contribution in [-0.2, 0) is 11.3 Å². The molecule has 0 bridgehead atoms. The first-order chi connectivity index (χ1) is 12.7. The first kappa shape index (κ1) is 27.5. The van der Waals surface area contributed by atoms with Gasteiger partial charge < -0.3 is 15.4 Å². The highest BCUT2D eigenvalue weighted by Gasteiger charge is 2.39. The van der Waals surface area contributed by atoms with E-state index in [-0.39, 0.29) is 41.8 Å². The average molecular weight is 444 g/mol. The van der Waals surface area contributed by atoms with Crippen LogP contribution in [0.4, 0.5) is 0 Å². The highest BCUT2D eigenvalue weighted by atomic mass is 35.5. The summed E-state index contributed by atoms with van der Waals surface area (Å²) >= 11 is 0. The molecule has 0 saturated heterocycles. The van der Waals surface area contributed by atoms with Crippen molar-refractivity contribution in [3.8, 4) is 5.75 Å². The fraction of sp³-hybridized carbons (Fsp3) is 0.500. The van der Waals surface area contributed by atoms with Crippen LogP contribution in [0, 0.1) is 0 Å². The predicted octanol–water partition coefficient (Wildman–Crippen LogP) is 3.78. The molecule has 0 aliphatic carbocycles. The number of benzene rings is 1. The van der Waals surface area contributed by atoms with Gasteiger partial charge in [-0.15, -0.1) is 24.8 Å². The van der Waals surface area contributed by atoms with Gasteiger partial charge in [-0.1, -0.05) is 30.9 Å². The summed E-state index contributed by atoms with van der Waals surface area (Å²) < 4.78 is 5.47. The third-order valence-corrected chi connectivity index (χ3v) is 4.49. The second kappa shape index (κ2) is 12.2. The van der Waals surface area contributed by atoms with Crippen LogP contribution in [0.3, 0.4) is 0 Å². The van der Waals surface area contributed by atoms with E-state index in [4.69, 9.17) is 4.74 Å². The maximum absolute atomic E-state index is 12.5. The summed E-state index contributed by atoms with van der Waals surface area (Å²) in [5, 5.41) is 9.90. The fourth-order valence-corrected chi connectivity index (χ4v) is 3.40. The molecule has 1 amide bonds. The van der Waals surface area contributed by atoms with E-state index in [0.29, 0.717) is 13.2 Å².